The predicted octanol–water partition coefficient (Wildman–Crippen LogP) is 4.34. The molecule has 0 radical (unpaired) electrons. The van der Waals surface area contributed by atoms with Crippen molar-refractivity contribution in [2.24, 2.45) is 0 Å². The Labute approximate surface area is 157 Å². The average Bonchev–Trinajstić information content (AvgIpc) is 3.12. The second kappa shape index (κ2) is 6.25. The van der Waals surface area contributed by atoms with Crippen molar-refractivity contribution in [2.75, 3.05) is 0 Å². The van der Waals surface area contributed by atoms with Crippen molar-refractivity contribution in [3.8, 4) is 11.1 Å². The van der Waals surface area contributed by atoms with Gasteiger partial charge in [0.1, 0.15) is 20.8 Å². The first-order valence-corrected chi connectivity index (χ1v) is 8.86. The fraction of sp³-hybridized carbons (Fsp3) is 0.0588. The van der Waals surface area contributed by atoms with Crippen molar-refractivity contribution in [2.45, 2.75) is 6.92 Å². The number of aryl methyl sites for hydroxylation is 1. The maximum Gasteiger partial charge on any atom is 0.263 e. The van der Waals surface area contributed by atoms with Crippen molar-refractivity contribution in [1.29, 1.82) is 0 Å². The average molecular weight is 388 g/mol. The highest BCUT2D eigenvalue weighted by Crippen LogP contribution is 2.33. The van der Waals surface area contributed by atoms with Gasteiger partial charge in [0.05, 0.1) is 4.91 Å². The lowest BCUT2D eigenvalue weighted by Gasteiger charge is -2.04. The van der Waals surface area contributed by atoms with Crippen molar-refractivity contribution in [3.63, 3.8) is 0 Å². The number of thiocarbonyl (C=S) groups is 1. The lowest BCUT2D eigenvalue weighted by molar-refractivity contribution is -0.115. The Balaban J connectivity index is 1.81. The summed E-state index contributed by atoms with van der Waals surface area (Å²) in [6, 6.07) is 3.77. The first kappa shape index (κ1) is 16.3. The van der Waals surface area contributed by atoms with Crippen LogP contribution in [0.25, 0.3) is 28.2 Å². The van der Waals surface area contributed by atoms with Crippen LogP contribution in [-0.2, 0) is 4.79 Å². The zero-order valence-electron chi connectivity index (χ0n) is 12.9. The van der Waals surface area contributed by atoms with Crippen molar-refractivity contribution >= 4 is 62.9 Å². The number of thioether (sulfide) groups is 1. The molecule has 0 aliphatic carbocycles. The highest BCUT2D eigenvalue weighted by molar-refractivity contribution is 8.26. The fourth-order valence-electron chi connectivity index (χ4n) is 2.51. The first-order valence-electron chi connectivity index (χ1n) is 7.26. The van der Waals surface area contributed by atoms with Gasteiger partial charge in [0.15, 0.2) is 0 Å². The summed E-state index contributed by atoms with van der Waals surface area (Å²) in [7, 11) is 0. The fourth-order valence-corrected chi connectivity index (χ4v) is 3.64. The van der Waals surface area contributed by atoms with Gasteiger partial charge in [-0.15, -0.1) is 0 Å². The number of rotatable bonds is 2. The Morgan fingerprint density at radius 2 is 2.16 bits per heavy atom. The van der Waals surface area contributed by atoms with Gasteiger partial charge in [0.25, 0.3) is 5.91 Å². The Hall–Kier alpha value is -2.22. The molecule has 25 heavy (non-hydrogen) atoms. The summed E-state index contributed by atoms with van der Waals surface area (Å²) in [5.41, 5.74) is 3.23. The molecular weight excluding hydrogens is 378 g/mol. The van der Waals surface area contributed by atoms with Crippen molar-refractivity contribution in [1.82, 2.24) is 15.3 Å². The number of halogens is 1. The van der Waals surface area contributed by atoms with Crippen LogP contribution in [0.15, 0.2) is 40.0 Å². The molecule has 3 aromatic rings. The first-order chi connectivity index (χ1) is 12.0. The molecule has 4 heterocycles. The molecule has 1 amide bonds. The number of amides is 1. The van der Waals surface area contributed by atoms with E-state index in [-0.39, 0.29) is 5.91 Å². The zero-order chi connectivity index (χ0) is 17.6. The quantitative estimate of drug-likeness (QED) is 0.401. The third-order valence-corrected chi connectivity index (χ3v) is 5.24. The van der Waals surface area contributed by atoms with Crippen molar-refractivity contribution < 1.29 is 9.21 Å². The number of hydrogen-bond donors (Lipinski definition) is 1. The Kier molecular flexibility index (Phi) is 4.07. The normalized spacial score (nSPS) is 16.0. The van der Waals surface area contributed by atoms with Gasteiger partial charge in [0, 0.05) is 41.2 Å². The topological polar surface area (TPSA) is 68.0 Å². The SMILES string of the molecule is Cc1cc(-c2cncc3cc(/C=C4\SC(=S)NC4=O)oc23)cnc1Cl. The zero-order valence-corrected chi connectivity index (χ0v) is 15.3. The van der Waals surface area contributed by atoms with Crippen LogP contribution in [0.2, 0.25) is 5.15 Å². The monoisotopic (exact) mass is 387 g/mol. The van der Waals surface area contributed by atoms with Gasteiger partial charge in [-0.2, -0.15) is 0 Å². The predicted molar refractivity (Wildman–Crippen MR) is 103 cm³/mol. The standard InChI is InChI=1S/C17H10ClN3O2S2/c1-8-2-9(6-20-15(8)18)12-7-19-5-10-3-11(23-14(10)12)4-13-16(22)21-17(24)25-13/h2-7H,1H3,(H,21,22,24)/b13-4-. The van der Waals surface area contributed by atoms with Gasteiger partial charge in [-0.05, 0) is 24.6 Å². The lowest BCUT2D eigenvalue weighted by Crippen LogP contribution is -2.17. The Morgan fingerprint density at radius 1 is 1.32 bits per heavy atom. The molecule has 1 fully saturated rings. The maximum atomic E-state index is 11.8. The molecule has 0 aromatic carbocycles. The summed E-state index contributed by atoms with van der Waals surface area (Å²) < 4.78 is 6.40. The number of fused-ring (bicyclic) bond motifs is 1. The van der Waals surface area contributed by atoms with E-state index in [2.05, 4.69) is 15.3 Å². The van der Waals surface area contributed by atoms with E-state index in [1.54, 1.807) is 24.7 Å². The molecule has 0 spiro atoms. The molecule has 1 aliphatic heterocycles. The lowest BCUT2D eigenvalue weighted by atomic mass is 10.1. The van der Waals surface area contributed by atoms with E-state index in [1.165, 1.54) is 11.8 Å². The number of furan rings is 1. The van der Waals surface area contributed by atoms with E-state index in [1.807, 2.05) is 19.1 Å². The summed E-state index contributed by atoms with van der Waals surface area (Å²) >= 11 is 12.2. The van der Waals surface area contributed by atoms with Gasteiger partial charge in [-0.3, -0.25) is 9.78 Å². The minimum absolute atomic E-state index is 0.216. The van der Waals surface area contributed by atoms with Gasteiger partial charge in [0.2, 0.25) is 0 Å². The summed E-state index contributed by atoms with van der Waals surface area (Å²) in [6.45, 7) is 1.89. The van der Waals surface area contributed by atoms with Crippen LogP contribution in [0.5, 0.6) is 0 Å². The molecule has 1 aliphatic rings. The Morgan fingerprint density at radius 3 is 2.88 bits per heavy atom. The van der Waals surface area contributed by atoms with Gasteiger partial charge in [-0.25, -0.2) is 4.98 Å². The molecular formula is C17H10ClN3O2S2. The third-order valence-electron chi connectivity index (χ3n) is 3.68. The number of nitrogens with zero attached hydrogens (tertiary/aromatic N) is 2. The van der Waals surface area contributed by atoms with E-state index < -0.39 is 0 Å². The number of pyridine rings is 2. The number of carbonyl (C=O) groups excluding carboxylic acids is 1. The van der Waals surface area contributed by atoms with Crippen molar-refractivity contribution in [3.05, 3.63) is 52.1 Å². The number of aromatic nitrogens is 2. The minimum atomic E-state index is -0.216. The second-order valence-electron chi connectivity index (χ2n) is 5.44. The summed E-state index contributed by atoms with van der Waals surface area (Å²) in [5, 5.41) is 3.88. The summed E-state index contributed by atoms with van der Waals surface area (Å²) in [6.07, 6.45) is 6.80. The molecule has 5 nitrogen and oxygen atoms in total. The molecule has 1 saturated heterocycles. The molecule has 0 saturated carbocycles. The highest BCUT2D eigenvalue weighted by Gasteiger charge is 2.23. The van der Waals surface area contributed by atoms with Crippen LogP contribution in [0.3, 0.4) is 0 Å². The minimum Gasteiger partial charge on any atom is -0.456 e. The van der Waals surface area contributed by atoms with Gasteiger partial charge in [-0.1, -0.05) is 35.6 Å². The summed E-state index contributed by atoms with van der Waals surface area (Å²) in [4.78, 5) is 20.8. The van der Waals surface area contributed by atoms with Crippen LogP contribution < -0.4 is 5.32 Å². The van der Waals surface area contributed by atoms with E-state index >= 15 is 0 Å². The molecule has 3 aromatic heterocycles. The number of carbonyl (C=O) groups is 1. The van der Waals surface area contributed by atoms with Crippen LogP contribution in [0, 0.1) is 6.92 Å². The largest absolute Gasteiger partial charge is 0.456 e. The third kappa shape index (κ3) is 3.06. The molecule has 0 atom stereocenters. The Bertz CT molecular complexity index is 1070. The van der Waals surface area contributed by atoms with E-state index in [9.17, 15) is 4.79 Å². The number of hydrogen-bond acceptors (Lipinski definition) is 6. The van der Waals surface area contributed by atoms with E-state index in [4.69, 9.17) is 28.2 Å². The van der Waals surface area contributed by atoms with Crippen LogP contribution in [-0.4, -0.2) is 20.2 Å². The highest BCUT2D eigenvalue weighted by atomic mass is 35.5. The maximum absolute atomic E-state index is 11.8. The van der Waals surface area contributed by atoms with E-state index in [0.717, 1.165) is 22.1 Å². The van der Waals surface area contributed by atoms with E-state index in [0.29, 0.717) is 25.7 Å². The number of nitrogens with one attached hydrogen (secondary N) is 1. The second-order valence-corrected chi connectivity index (χ2v) is 7.51. The smallest absolute Gasteiger partial charge is 0.263 e. The van der Waals surface area contributed by atoms with Gasteiger partial charge >= 0.3 is 0 Å². The van der Waals surface area contributed by atoms with Crippen LogP contribution in [0.4, 0.5) is 0 Å². The molecule has 4 rings (SSSR count). The summed E-state index contributed by atoms with van der Waals surface area (Å²) in [5.74, 6) is 0.344. The van der Waals surface area contributed by atoms with Crippen LogP contribution >= 0.6 is 35.6 Å². The molecule has 124 valence electrons. The molecule has 1 N–H and O–H groups in total. The van der Waals surface area contributed by atoms with Crippen LogP contribution in [0.1, 0.15) is 11.3 Å². The molecule has 0 unspecified atom stereocenters. The molecule has 8 heteroatoms. The van der Waals surface area contributed by atoms with Gasteiger partial charge < -0.3 is 9.73 Å². The molecule has 0 bridgehead atoms.